The number of benzene rings is 20. The van der Waals surface area contributed by atoms with Gasteiger partial charge in [-0.3, -0.25) is 0 Å². The van der Waals surface area contributed by atoms with Gasteiger partial charge in [0.15, 0.2) is 0 Å². The molecule has 1 aliphatic carbocycles. The minimum Gasteiger partial charge on any atom is -0.310 e. The van der Waals surface area contributed by atoms with Crippen molar-refractivity contribution in [3.63, 3.8) is 0 Å². The van der Waals surface area contributed by atoms with Crippen LogP contribution in [0.3, 0.4) is 0 Å². The van der Waals surface area contributed by atoms with Gasteiger partial charge >= 0.3 is 0 Å². The molecule has 0 fully saturated rings. The van der Waals surface area contributed by atoms with Crippen LogP contribution in [0.15, 0.2) is 475 Å². The molecule has 616 valence electrons. The van der Waals surface area contributed by atoms with Crippen molar-refractivity contribution in [2.24, 2.45) is 0 Å². The first kappa shape index (κ1) is 80.6. The average Bonchev–Trinajstić information content (AvgIpc) is 1.53. The maximum absolute atomic E-state index is 4.83. The van der Waals surface area contributed by atoms with E-state index in [9.17, 15) is 0 Å². The van der Waals surface area contributed by atoms with Crippen LogP contribution in [0.25, 0.3) is 162 Å². The summed E-state index contributed by atoms with van der Waals surface area (Å²) in [5.74, 6) is 0. The SMILES string of the molecule is C=C/C=C\c1ccc(-c2cccc(N(c3ccc(-c4cc(C)c(/C=C\C(=C)c5ccc6c(-c7cccc(N(c8ccc(-c9cccc%10c9-c9ccccc9C%10(c9ccccc9)c9ccccc9)cc8)c8ccc(-c9cc(C)c(/C=C\C=C)c%10ccccc9%10)cc8)c7)cc7ccccc7c6c5)c5ccccc45)cc3)c3ccc(-c4ccccc4)c4ccccc34)c2)cc1/C=C\C. The lowest BCUT2D eigenvalue weighted by Gasteiger charge is -2.34. The Morgan fingerprint density at radius 2 is 0.731 bits per heavy atom. The number of nitrogens with zero attached hydrogens (tertiary/aromatic N) is 2. The predicted molar refractivity (Wildman–Crippen MR) is 560 cm³/mol. The lowest BCUT2D eigenvalue weighted by Crippen LogP contribution is -2.28. The van der Waals surface area contributed by atoms with Crippen LogP contribution in [-0.4, -0.2) is 0 Å². The Hall–Kier alpha value is -16.5. The van der Waals surface area contributed by atoms with Gasteiger partial charge in [0.1, 0.15) is 0 Å². The zero-order valence-corrected chi connectivity index (χ0v) is 73.1. The molecule has 0 saturated heterocycles. The van der Waals surface area contributed by atoms with Crippen LogP contribution in [-0.2, 0) is 5.41 Å². The van der Waals surface area contributed by atoms with Crippen LogP contribution in [0.1, 0.15) is 68.1 Å². The summed E-state index contributed by atoms with van der Waals surface area (Å²) in [6.07, 6.45) is 20.8. The van der Waals surface area contributed by atoms with Crippen LogP contribution in [0.5, 0.6) is 0 Å². The maximum Gasteiger partial charge on any atom is 0.0713 e. The zero-order valence-electron chi connectivity index (χ0n) is 73.1. The van der Waals surface area contributed by atoms with Crippen LogP contribution >= 0.6 is 0 Å². The lowest BCUT2D eigenvalue weighted by atomic mass is 9.67. The molecule has 20 aromatic carbocycles. The number of aryl methyl sites for hydroxylation is 2. The minimum absolute atomic E-state index is 0.516. The van der Waals surface area contributed by atoms with Crippen molar-refractivity contribution in [1.29, 1.82) is 0 Å². The van der Waals surface area contributed by atoms with E-state index in [2.05, 4.69) is 499 Å². The van der Waals surface area contributed by atoms with Gasteiger partial charge in [-0.05, 0) is 299 Å². The first-order chi connectivity index (χ1) is 64.1. The highest BCUT2D eigenvalue weighted by Gasteiger charge is 2.47. The third-order valence-corrected chi connectivity index (χ3v) is 26.4. The minimum atomic E-state index is -0.516. The van der Waals surface area contributed by atoms with E-state index < -0.39 is 5.41 Å². The molecule has 0 bridgehead atoms. The van der Waals surface area contributed by atoms with Gasteiger partial charge in [0.25, 0.3) is 0 Å². The molecule has 0 N–H and O–H groups in total. The second-order valence-corrected chi connectivity index (χ2v) is 33.9. The van der Waals surface area contributed by atoms with E-state index in [-0.39, 0.29) is 0 Å². The molecule has 0 atom stereocenters. The van der Waals surface area contributed by atoms with E-state index in [1.165, 1.54) is 121 Å². The monoisotopic (exact) mass is 1660 g/mol. The van der Waals surface area contributed by atoms with Gasteiger partial charge in [-0.2, -0.15) is 0 Å². The summed E-state index contributed by atoms with van der Waals surface area (Å²) >= 11 is 0. The molecule has 20 aromatic rings. The number of rotatable bonds is 22. The Labute approximate surface area is 762 Å². The quantitative estimate of drug-likeness (QED) is 0.0493. The Morgan fingerprint density at radius 3 is 1.36 bits per heavy atom. The molecule has 0 spiro atoms. The van der Waals surface area contributed by atoms with Crippen molar-refractivity contribution < 1.29 is 0 Å². The fourth-order valence-corrected chi connectivity index (χ4v) is 20.3. The normalized spacial score (nSPS) is 12.3. The molecular weight excluding hydrogens is 1570 g/mol. The second kappa shape index (κ2) is 34.8. The van der Waals surface area contributed by atoms with Gasteiger partial charge in [-0.25, -0.2) is 0 Å². The van der Waals surface area contributed by atoms with Crippen LogP contribution in [0, 0.1) is 13.8 Å². The number of hydrogen-bond acceptors (Lipinski definition) is 2. The molecule has 0 heterocycles. The Bertz CT molecular complexity index is 7920. The molecule has 2 heteroatoms. The van der Waals surface area contributed by atoms with E-state index in [0.29, 0.717) is 0 Å². The van der Waals surface area contributed by atoms with Gasteiger partial charge in [-0.15, -0.1) is 0 Å². The van der Waals surface area contributed by atoms with Crippen molar-refractivity contribution in [2.75, 3.05) is 9.80 Å². The summed E-state index contributed by atoms with van der Waals surface area (Å²) in [4.78, 5) is 4.85. The molecular formula is C128H94N2. The van der Waals surface area contributed by atoms with E-state index >= 15 is 0 Å². The molecule has 0 aliphatic heterocycles. The van der Waals surface area contributed by atoms with Crippen LogP contribution in [0.2, 0.25) is 0 Å². The van der Waals surface area contributed by atoms with Gasteiger partial charge < -0.3 is 9.80 Å². The number of hydrogen-bond donors (Lipinski definition) is 0. The van der Waals surface area contributed by atoms with Gasteiger partial charge in [0, 0.05) is 33.8 Å². The zero-order chi connectivity index (χ0) is 87.8. The number of allylic oxidation sites excluding steroid dienone is 7. The smallest absolute Gasteiger partial charge is 0.0713 e. The second-order valence-electron chi connectivity index (χ2n) is 33.9. The van der Waals surface area contributed by atoms with Crippen molar-refractivity contribution in [3.8, 4) is 77.9 Å². The third kappa shape index (κ3) is 14.6. The maximum atomic E-state index is 4.83. The fourth-order valence-electron chi connectivity index (χ4n) is 20.3. The largest absolute Gasteiger partial charge is 0.310 e. The van der Waals surface area contributed by atoms with E-state index in [4.69, 9.17) is 6.58 Å². The molecule has 130 heavy (non-hydrogen) atoms. The summed E-state index contributed by atoms with van der Waals surface area (Å²) in [6, 6.07) is 155. The Morgan fingerprint density at radius 1 is 0.277 bits per heavy atom. The van der Waals surface area contributed by atoms with E-state index in [0.717, 1.165) is 112 Å². The molecule has 1 aliphatic rings. The molecule has 21 rings (SSSR count). The summed E-state index contributed by atoms with van der Waals surface area (Å²) in [5.41, 5.74) is 36.4. The summed E-state index contributed by atoms with van der Waals surface area (Å²) in [5, 5.41) is 11.8. The van der Waals surface area contributed by atoms with Gasteiger partial charge in [-0.1, -0.05) is 414 Å². The molecule has 0 amide bonds. The predicted octanol–water partition coefficient (Wildman–Crippen LogP) is 35.5. The summed E-state index contributed by atoms with van der Waals surface area (Å²) < 4.78 is 0. The molecule has 2 nitrogen and oxygen atoms in total. The summed E-state index contributed by atoms with van der Waals surface area (Å²) in [6.45, 7) is 19.3. The summed E-state index contributed by atoms with van der Waals surface area (Å²) in [7, 11) is 0. The van der Waals surface area contributed by atoms with Gasteiger partial charge in [0.2, 0.25) is 0 Å². The van der Waals surface area contributed by atoms with Crippen molar-refractivity contribution in [1.82, 2.24) is 0 Å². The first-order valence-corrected chi connectivity index (χ1v) is 44.9. The third-order valence-electron chi connectivity index (χ3n) is 26.4. The highest BCUT2D eigenvalue weighted by molar-refractivity contribution is 6.16. The highest BCUT2D eigenvalue weighted by atomic mass is 15.1. The van der Waals surface area contributed by atoms with E-state index in [1.54, 1.807) is 0 Å². The molecule has 0 saturated carbocycles. The highest BCUT2D eigenvalue weighted by Crippen LogP contribution is 2.59. The van der Waals surface area contributed by atoms with Crippen LogP contribution < -0.4 is 9.80 Å². The lowest BCUT2D eigenvalue weighted by molar-refractivity contribution is 0.768. The fraction of sp³-hybridized carbons (Fsp3) is 0.0312. The molecule has 0 radical (unpaired) electrons. The number of anilines is 6. The molecule has 0 unspecified atom stereocenters. The van der Waals surface area contributed by atoms with Crippen molar-refractivity contribution in [2.45, 2.75) is 26.2 Å². The Balaban J connectivity index is 0.621. The Kier molecular flexibility index (Phi) is 21.6. The van der Waals surface area contributed by atoms with Crippen molar-refractivity contribution >= 4 is 118 Å². The average molecular weight is 1660 g/mol. The van der Waals surface area contributed by atoms with Crippen molar-refractivity contribution in [3.05, 3.63) is 536 Å². The standard InChI is InChI=1S/C128H94N2/c1-7-10-35-89-60-61-97(81-95(89)34-9-3)96-39-31-46-106(82-96)130(126-78-77-110(90-36-15-12-16-37-90)114-51-27-28-54-118(114)126)104-73-66-93(67-74-104)121-80-88(6)108(113-50-24-26-53-116(113)121)75-59-86(4)94-68-76-117-122(85-99-38-21-22-48-109(99)123(117)84-94)98-40-32-45-105(83-98)129(103-71-64-92(65-72-103)120-79-87(5)107(47-11-8-2)112-49-23-25-52-115(112)120)102-69-62-91(63-70-102)111-56-33-58-125-127(111)119-55-29-30-57-124(119)128(125,100-41-17-13-18-42-100)101-43-19-14-20-44-101/h7-85H,1-2,4H2,3,5-6H3/b34-9-,35-10-,47-11-,75-59-. The number of fused-ring (bicyclic) bond motifs is 9. The van der Waals surface area contributed by atoms with Crippen LogP contribution in [0.4, 0.5) is 34.1 Å². The first-order valence-electron chi connectivity index (χ1n) is 44.9. The van der Waals surface area contributed by atoms with E-state index in [1.807, 2.05) is 24.3 Å². The topological polar surface area (TPSA) is 6.48 Å². The molecule has 0 aromatic heterocycles. The van der Waals surface area contributed by atoms with Gasteiger partial charge in [0.05, 0.1) is 11.1 Å².